The lowest BCUT2D eigenvalue weighted by Gasteiger charge is -2.19. The summed E-state index contributed by atoms with van der Waals surface area (Å²) in [5, 5.41) is 1.89. The van der Waals surface area contributed by atoms with Gasteiger partial charge >= 0.3 is 0 Å². The molecule has 4 rings (SSSR count). The first-order valence-electron chi connectivity index (χ1n) is 8.01. The Morgan fingerprint density at radius 2 is 1.79 bits per heavy atom. The van der Waals surface area contributed by atoms with E-state index >= 15 is 0 Å². The first-order chi connectivity index (χ1) is 11.4. The van der Waals surface area contributed by atoms with Gasteiger partial charge in [-0.1, -0.05) is 32.9 Å². The minimum Gasteiger partial charge on any atom is -0.455 e. The van der Waals surface area contributed by atoms with Gasteiger partial charge < -0.3 is 4.42 Å². The number of para-hydroxylation sites is 1. The highest BCUT2D eigenvalue weighted by Crippen LogP contribution is 2.36. The molecule has 0 fully saturated rings. The fraction of sp³-hybridized carbons (Fsp3) is 0.190. The summed E-state index contributed by atoms with van der Waals surface area (Å²) in [5.41, 5.74) is 4.36. The molecule has 0 amide bonds. The zero-order valence-electron chi connectivity index (χ0n) is 13.9. The molecular formula is C21H18FNO. The predicted octanol–water partition coefficient (Wildman–Crippen LogP) is 6.08. The Morgan fingerprint density at radius 3 is 2.58 bits per heavy atom. The van der Waals surface area contributed by atoms with Crippen LogP contribution in [0.2, 0.25) is 0 Å². The summed E-state index contributed by atoms with van der Waals surface area (Å²) < 4.78 is 19.5. The maximum absolute atomic E-state index is 13.5. The lowest BCUT2D eigenvalue weighted by atomic mass is 9.87. The van der Waals surface area contributed by atoms with Gasteiger partial charge in [-0.3, -0.25) is 4.98 Å². The van der Waals surface area contributed by atoms with Gasteiger partial charge in [-0.15, -0.1) is 0 Å². The van der Waals surface area contributed by atoms with Gasteiger partial charge in [-0.05, 0) is 41.3 Å². The molecule has 2 aromatic carbocycles. The highest BCUT2D eigenvalue weighted by molar-refractivity contribution is 6.09. The van der Waals surface area contributed by atoms with Crippen LogP contribution in [-0.4, -0.2) is 4.98 Å². The first kappa shape index (κ1) is 14.9. The van der Waals surface area contributed by atoms with Gasteiger partial charge in [0.05, 0.1) is 5.69 Å². The third-order valence-electron chi connectivity index (χ3n) is 4.36. The monoisotopic (exact) mass is 319 g/mol. The van der Waals surface area contributed by atoms with Crippen molar-refractivity contribution >= 4 is 21.9 Å². The van der Waals surface area contributed by atoms with E-state index in [9.17, 15) is 4.39 Å². The number of nitrogens with zero attached hydrogens (tertiary/aromatic N) is 1. The summed E-state index contributed by atoms with van der Waals surface area (Å²) in [7, 11) is 0. The summed E-state index contributed by atoms with van der Waals surface area (Å²) in [5.74, 6) is -0.295. The summed E-state index contributed by atoms with van der Waals surface area (Å²) in [4.78, 5) is 4.53. The average Bonchev–Trinajstić information content (AvgIpc) is 2.91. The molecule has 3 heteroatoms. The number of rotatable bonds is 1. The Hall–Kier alpha value is -2.68. The molecule has 0 saturated heterocycles. The maximum Gasteiger partial charge on any atom is 0.144 e. The van der Waals surface area contributed by atoms with E-state index in [2.05, 4.69) is 31.8 Å². The molecule has 4 aromatic rings. The van der Waals surface area contributed by atoms with E-state index in [0.717, 1.165) is 27.6 Å². The zero-order chi connectivity index (χ0) is 16.9. The van der Waals surface area contributed by atoms with Crippen molar-refractivity contribution in [3.05, 3.63) is 66.1 Å². The molecule has 0 aliphatic rings. The molecule has 2 heterocycles. The van der Waals surface area contributed by atoms with E-state index in [4.69, 9.17) is 4.42 Å². The second-order valence-electron chi connectivity index (χ2n) is 7.10. The Bertz CT molecular complexity index is 1060. The van der Waals surface area contributed by atoms with Gasteiger partial charge in [0.25, 0.3) is 0 Å². The Balaban J connectivity index is 1.99. The predicted molar refractivity (Wildman–Crippen MR) is 95.6 cm³/mol. The Kier molecular flexibility index (Phi) is 3.20. The average molecular weight is 319 g/mol. The number of hydrogen-bond donors (Lipinski definition) is 0. The molecule has 120 valence electrons. The number of fused-ring (bicyclic) bond motifs is 3. The number of halogens is 1. The second-order valence-corrected chi connectivity index (χ2v) is 7.10. The first-order valence-corrected chi connectivity index (χ1v) is 8.01. The van der Waals surface area contributed by atoms with Gasteiger partial charge in [0, 0.05) is 28.6 Å². The highest BCUT2D eigenvalue weighted by Gasteiger charge is 2.17. The lowest BCUT2D eigenvalue weighted by molar-refractivity contribution is 0.589. The summed E-state index contributed by atoms with van der Waals surface area (Å²) in [6.07, 6.45) is 1.83. The normalized spacial score (nSPS) is 12.2. The topological polar surface area (TPSA) is 26.0 Å². The minimum atomic E-state index is -0.295. The van der Waals surface area contributed by atoms with E-state index in [1.807, 2.05) is 30.5 Å². The molecule has 0 aliphatic heterocycles. The molecule has 0 bridgehead atoms. The highest BCUT2D eigenvalue weighted by atomic mass is 19.1. The van der Waals surface area contributed by atoms with Gasteiger partial charge in [-0.25, -0.2) is 4.39 Å². The fourth-order valence-electron chi connectivity index (χ4n) is 3.02. The lowest BCUT2D eigenvalue weighted by Crippen LogP contribution is -2.11. The maximum atomic E-state index is 13.5. The summed E-state index contributed by atoms with van der Waals surface area (Å²) in [6, 6.07) is 14.8. The van der Waals surface area contributed by atoms with Crippen LogP contribution in [0.5, 0.6) is 0 Å². The van der Waals surface area contributed by atoms with Crippen molar-refractivity contribution in [2.24, 2.45) is 0 Å². The summed E-state index contributed by atoms with van der Waals surface area (Å²) in [6.45, 7) is 6.53. The number of aromatic nitrogens is 1. The van der Waals surface area contributed by atoms with Crippen molar-refractivity contribution in [1.82, 2.24) is 4.98 Å². The fourth-order valence-corrected chi connectivity index (χ4v) is 3.02. The SMILES string of the molecule is CC(C)(C)c1ccnc(-c2cccc3c2oc2cc(F)ccc23)c1. The van der Waals surface area contributed by atoms with Gasteiger partial charge in [0.1, 0.15) is 17.0 Å². The number of furan rings is 1. The van der Waals surface area contributed by atoms with Crippen LogP contribution < -0.4 is 0 Å². The molecule has 2 nitrogen and oxygen atoms in total. The molecule has 0 radical (unpaired) electrons. The largest absolute Gasteiger partial charge is 0.455 e. The molecule has 0 atom stereocenters. The number of hydrogen-bond acceptors (Lipinski definition) is 2. The smallest absolute Gasteiger partial charge is 0.144 e. The Morgan fingerprint density at radius 1 is 0.958 bits per heavy atom. The van der Waals surface area contributed by atoms with Crippen LogP contribution in [0, 0.1) is 5.82 Å². The van der Waals surface area contributed by atoms with Crippen molar-refractivity contribution < 1.29 is 8.81 Å². The van der Waals surface area contributed by atoms with Crippen LogP contribution in [-0.2, 0) is 5.41 Å². The van der Waals surface area contributed by atoms with E-state index < -0.39 is 0 Å². The molecule has 0 aliphatic carbocycles. The summed E-state index contributed by atoms with van der Waals surface area (Å²) >= 11 is 0. The quantitative estimate of drug-likeness (QED) is 0.424. The van der Waals surface area contributed by atoms with Gasteiger partial charge in [0.15, 0.2) is 0 Å². The molecule has 24 heavy (non-hydrogen) atoms. The zero-order valence-corrected chi connectivity index (χ0v) is 13.9. The van der Waals surface area contributed by atoms with Crippen molar-refractivity contribution in [3.8, 4) is 11.3 Å². The van der Waals surface area contributed by atoms with E-state index in [1.165, 1.54) is 17.7 Å². The molecule has 0 unspecified atom stereocenters. The van der Waals surface area contributed by atoms with Crippen LogP contribution in [0.4, 0.5) is 4.39 Å². The van der Waals surface area contributed by atoms with E-state index in [0.29, 0.717) is 5.58 Å². The van der Waals surface area contributed by atoms with Crippen molar-refractivity contribution in [2.45, 2.75) is 26.2 Å². The third kappa shape index (κ3) is 2.37. The molecular weight excluding hydrogens is 301 g/mol. The molecule has 0 N–H and O–H groups in total. The second kappa shape index (κ2) is 5.17. The van der Waals surface area contributed by atoms with Crippen LogP contribution in [0.1, 0.15) is 26.3 Å². The molecule has 2 aromatic heterocycles. The van der Waals surface area contributed by atoms with E-state index in [1.54, 1.807) is 6.07 Å². The minimum absolute atomic E-state index is 0.0442. The van der Waals surface area contributed by atoms with Crippen molar-refractivity contribution in [1.29, 1.82) is 0 Å². The van der Waals surface area contributed by atoms with Crippen LogP contribution in [0.3, 0.4) is 0 Å². The van der Waals surface area contributed by atoms with Crippen molar-refractivity contribution in [3.63, 3.8) is 0 Å². The molecule has 0 spiro atoms. The van der Waals surface area contributed by atoms with Crippen LogP contribution >= 0.6 is 0 Å². The van der Waals surface area contributed by atoms with Gasteiger partial charge in [0.2, 0.25) is 0 Å². The van der Waals surface area contributed by atoms with E-state index in [-0.39, 0.29) is 11.2 Å². The number of pyridine rings is 1. The van der Waals surface area contributed by atoms with Gasteiger partial charge in [-0.2, -0.15) is 0 Å². The molecule has 0 saturated carbocycles. The Labute approximate surface area is 139 Å². The standard InChI is InChI=1S/C21H18FNO/c1-21(2,3)13-9-10-23-18(11-13)17-6-4-5-16-15-8-7-14(22)12-19(15)24-20(16)17/h4-12H,1-3H3. The van der Waals surface area contributed by atoms with Crippen LogP contribution in [0.25, 0.3) is 33.2 Å². The van der Waals surface area contributed by atoms with Crippen LogP contribution in [0.15, 0.2) is 59.1 Å². The van der Waals surface area contributed by atoms with Crippen molar-refractivity contribution in [2.75, 3.05) is 0 Å². The third-order valence-corrected chi connectivity index (χ3v) is 4.36. The number of benzene rings is 2.